The Morgan fingerprint density at radius 3 is 2.00 bits per heavy atom. The molecule has 12 nitrogen and oxygen atoms in total. The van der Waals surface area contributed by atoms with E-state index in [9.17, 15) is 37.5 Å². The third kappa shape index (κ3) is 8.99. The molecule has 55 heavy (non-hydrogen) atoms. The first-order valence-electron chi connectivity index (χ1n) is 17.2. The van der Waals surface area contributed by atoms with E-state index in [-0.39, 0.29) is 24.3 Å². The number of amides is 4. The number of aromatic nitrogens is 1. The lowest BCUT2D eigenvalue weighted by Crippen LogP contribution is -2.81. The number of nitrogens with zero attached hydrogens (tertiary/aromatic N) is 3. The molecule has 1 aliphatic heterocycles. The van der Waals surface area contributed by atoms with Crippen LogP contribution in [-0.2, 0) is 33.7 Å². The van der Waals surface area contributed by atoms with Crippen molar-refractivity contribution in [2.24, 2.45) is 5.92 Å². The summed E-state index contributed by atoms with van der Waals surface area (Å²) in [7, 11) is 2.95. The van der Waals surface area contributed by atoms with Crippen molar-refractivity contribution in [1.29, 1.82) is 0 Å². The largest absolute Gasteiger partial charge is 0.548 e. The first-order chi connectivity index (χ1) is 26.0. The number of alkyl halides is 3. The van der Waals surface area contributed by atoms with Gasteiger partial charge in [0, 0.05) is 12.6 Å². The number of nitrogens with one attached hydrogen (secondary N) is 1. The number of anilines is 1. The number of carbonyl (C=O) groups excluding carboxylic acids is 4. The van der Waals surface area contributed by atoms with Gasteiger partial charge in [0.05, 0.1) is 32.7 Å². The SMILES string of the molecule is COc1ccc(CN(C(=O)OC(C)(C)C)c2cc(C[C@H]3C(=O)N(C(=O)N[C@@H](c4ccccc4)C(F)(F)F)[C@]3(Cc3ccc(OC)cc3)C(=O)[O-])ccn2)cc1. The van der Waals surface area contributed by atoms with Gasteiger partial charge in [0.25, 0.3) is 0 Å². The number of β-lactam (4-membered cyclic amide) rings is 1. The fourth-order valence-corrected chi connectivity index (χ4v) is 6.37. The summed E-state index contributed by atoms with van der Waals surface area (Å²) in [6.45, 7) is 5.10. The molecule has 3 aromatic carbocycles. The van der Waals surface area contributed by atoms with E-state index < -0.39 is 59.7 Å². The minimum absolute atomic E-state index is 0.00785. The summed E-state index contributed by atoms with van der Waals surface area (Å²) < 4.78 is 59.0. The summed E-state index contributed by atoms with van der Waals surface area (Å²) in [5.74, 6) is -3.24. The quantitative estimate of drug-likeness (QED) is 0.177. The Balaban J connectivity index is 1.52. The highest BCUT2D eigenvalue weighted by Gasteiger charge is 2.64. The number of carbonyl (C=O) groups is 4. The zero-order valence-corrected chi connectivity index (χ0v) is 30.8. The number of carboxylic acids is 1. The second kappa shape index (κ2) is 16.1. The number of ether oxygens (including phenoxy) is 3. The molecule has 0 unspecified atom stereocenters. The number of urea groups is 1. The number of imide groups is 1. The highest BCUT2D eigenvalue weighted by molar-refractivity contribution is 6.10. The zero-order valence-electron chi connectivity index (χ0n) is 30.8. The van der Waals surface area contributed by atoms with Crippen LogP contribution in [0.15, 0.2) is 97.2 Å². The Morgan fingerprint density at radius 2 is 1.47 bits per heavy atom. The predicted molar refractivity (Wildman–Crippen MR) is 192 cm³/mol. The summed E-state index contributed by atoms with van der Waals surface area (Å²) in [6.07, 6.45) is -5.18. The van der Waals surface area contributed by atoms with E-state index in [4.69, 9.17) is 14.2 Å². The zero-order chi connectivity index (χ0) is 40.1. The van der Waals surface area contributed by atoms with Crippen molar-refractivity contribution in [3.63, 3.8) is 0 Å². The molecule has 1 aromatic heterocycles. The van der Waals surface area contributed by atoms with Crippen LogP contribution < -0.4 is 24.8 Å². The summed E-state index contributed by atoms with van der Waals surface area (Å²) in [6, 6.07) is 18.4. The van der Waals surface area contributed by atoms with Gasteiger partial charge in [0.1, 0.15) is 28.5 Å². The van der Waals surface area contributed by atoms with Crippen LogP contribution >= 0.6 is 0 Å². The van der Waals surface area contributed by atoms with Crippen molar-refractivity contribution < 1.29 is 51.7 Å². The number of carboxylic acid groups (broad SMARTS) is 1. The fourth-order valence-electron chi connectivity index (χ4n) is 6.37. The molecule has 5 rings (SSSR count). The number of aliphatic carboxylic acids is 1. The topological polar surface area (TPSA) is 150 Å². The molecular formula is C40H40F3N4O8-. The monoisotopic (exact) mass is 761 g/mol. The number of hydrogen-bond acceptors (Lipinski definition) is 9. The maximum Gasteiger partial charge on any atom is 0.416 e. The van der Waals surface area contributed by atoms with Crippen molar-refractivity contribution in [3.05, 3.63) is 119 Å². The minimum Gasteiger partial charge on any atom is -0.548 e. The third-order valence-electron chi connectivity index (χ3n) is 9.05. The van der Waals surface area contributed by atoms with Gasteiger partial charge in [0.15, 0.2) is 6.04 Å². The third-order valence-corrected chi connectivity index (χ3v) is 9.05. The van der Waals surface area contributed by atoms with E-state index in [0.29, 0.717) is 33.1 Å². The molecule has 0 bridgehead atoms. The Kier molecular flexibility index (Phi) is 11.7. The summed E-state index contributed by atoms with van der Waals surface area (Å²) in [5.41, 5.74) is -2.27. The molecule has 0 spiro atoms. The van der Waals surface area contributed by atoms with Crippen LogP contribution in [0.4, 0.5) is 28.6 Å². The Morgan fingerprint density at radius 1 is 0.891 bits per heavy atom. The van der Waals surface area contributed by atoms with Gasteiger partial charge in [-0.05, 0) is 85.8 Å². The van der Waals surface area contributed by atoms with Gasteiger partial charge in [-0.2, -0.15) is 13.2 Å². The summed E-state index contributed by atoms with van der Waals surface area (Å²) >= 11 is 0. The van der Waals surface area contributed by atoms with Crippen LogP contribution in [0.2, 0.25) is 0 Å². The molecule has 2 heterocycles. The number of pyridine rings is 1. The fraction of sp³-hybridized carbons (Fsp3) is 0.325. The Bertz CT molecular complexity index is 2000. The van der Waals surface area contributed by atoms with Crippen LogP contribution in [0, 0.1) is 5.92 Å². The summed E-state index contributed by atoms with van der Waals surface area (Å²) in [4.78, 5) is 60.4. The first-order valence-corrected chi connectivity index (χ1v) is 17.2. The molecule has 0 saturated carbocycles. The molecule has 15 heteroatoms. The maximum atomic E-state index is 14.3. The molecule has 1 aliphatic rings. The van der Waals surface area contributed by atoms with E-state index >= 15 is 0 Å². The first kappa shape index (κ1) is 40.1. The smallest absolute Gasteiger partial charge is 0.416 e. The maximum absolute atomic E-state index is 14.3. The van der Waals surface area contributed by atoms with Crippen molar-refractivity contribution in [1.82, 2.24) is 15.2 Å². The minimum atomic E-state index is -5.00. The molecule has 4 amide bonds. The average molecular weight is 762 g/mol. The van der Waals surface area contributed by atoms with Crippen molar-refractivity contribution in [2.75, 3.05) is 19.1 Å². The van der Waals surface area contributed by atoms with Crippen molar-refractivity contribution in [3.8, 4) is 11.5 Å². The Labute approximate surface area is 315 Å². The summed E-state index contributed by atoms with van der Waals surface area (Å²) in [5, 5.41) is 15.1. The molecule has 4 aromatic rings. The van der Waals surface area contributed by atoms with Crippen LogP contribution in [0.3, 0.4) is 0 Å². The van der Waals surface area contributed by atoms with Gasteiger partial charge in [0.2, 0.25) is 5.91 Å². The molecule has 1 N–H and O–H groups in total. The highest BCUT2D eigenvalue weighted by Crippen LogP contribution is 2.44. The Hall–Kier alpha value is -6.12. The molecule has 290 valence electrons. The van der Waals surface area contributed by atoms with Gasteiger partial charge in [-0.3, -0.25) is 14.6 Å². The molecule has 1 saturated heterocycles. The molecule has 0 radical (unpaired) electrons. The lowest BCUT2D eigenvalue weighted by Gasteiger charge is -2.57. The van der Waals surface area contributed by atoms with E-state index in [1.165, 1.54) is 79.9 Å². The number of likely N-dealkylation sites (tertiary alicyclic amines) is 1. The number of benzene rings is 3. The van der Waals surface area contributed by atoms with E-state index in [1.54, 1.807) is 45.0 Å². The van der Waals surface area contributed by atoms with E-state index in [0.717, 1.165) is 12.1 Å². The molecular weight excluding hydrogens is 721 g/mol. The van der Waals surface area contributed by atoms with Gasteiger partial charge in [-0.25, -0.2) is 14.6 Å². The number of methoxy groups -OCH3 is 2. The molecule has 1 fully saturated rings. The number of halogens is 3. The van der Waals surface area contributed by atoms with Gasteiger partial charge in [-0.1, -0.05) is 54.6 Å². The normalized spacial score (nSPS) is 17.4. The lowest BCUT2D eigenvalue weighted by atomic mass is 9.67. The molecule has 0 aliphatic carbocycles. The van der Waals surface area contributed by atoms with Crippen LogP contribution in [-0.4, -0.2) is 65.4 Å². The number of rotatable bonds is 12. The molecule has 3 atom stereocenters. The van der Waals surface area contributed by atoms with Gasteiger partial charge in [-0.15, -0.1) is 0 Å². The van der Waals surface area contributed by atoms with E-state index in [2.05, 4.69) is 4.98 Å². The van der Waals surface area contributed by atoms with Crippen molar-refractivity contribution >= 4 is 29.8 Å². The second-order valence-electron chi connectivity index (χ2n) is 13.9. The highest BCUT2D eigenvalue weighted by atomic mass is 19.4. The van der Waals surface area contributed by atoms with Crippen LogP contribution in [0.1, 0.15) is 49.1 Å². The van der Waals surface area contributed by atoms with Gasteiger partial charge >= 0.3 is 18.3 Å². The van der Waals surface area contributed by atoms with Crippen LogP contribution in [0.25, 0.3) is 0 Å². The van der Waals surface area contributed by atoms with E-state index in [1.807, 2.05) is 5.32 Å². The number of hydrogen-bond donors (Lipinski definition) is 1. The van der Waals surface area contributed by atoms with Crippen molar-refractivity contribution in [2.45, 2.75) is 63.5 Å². The van der Waals surface area contributed by atoms with Gasteiger partial charge < -0.3 is 29.4 Å². The van der Waals surface area contributed by atoms with Crippen LogP contribution in [0.5, 0.6) is 11.5 Å². The standard InChI is InChI=1S/C40H41F3N4O8/c1-38(2,3)55-37(52)46(24-26-13-17-30(54-5)18-14-26)32-22-27(19-20-44-32)21-31-34(48)47(36(51)45-33(40(41,42)43)28-9-7-6-8-10-28)39(31,35(49)50)23-25-11-15-29(53-4)16-12-25/h6-20,22,31,33H,21,23-24H2,1-5H3,(H,45,51)(H,49,50)/p-1/t31-,33-,39-/m0/s1. The predicted octanol–water partition coefficient (Wildman–Crippen LogP) is 5.79. The second-order valence-corrected chi connectivity index (χ2v) is 13.9. The lowest BCUT2D eigenvalue weighted by molar-refractivity contribution is -0.324. The average Bonchev–Trinajstić information content (AvgIpc) is 3.14.